The molecule has 0 atom stereocenters. The summed E-state index contributed by atoms with van der Waals surface area (Å²) in [6, 6.07) is 33.9. The Morgan fingerprint density at radius 3 is 1.84 bits per heavy atom. The number of hydrogen-bond donors (Lipinski definition) is 1. The summed E-state index contributed by atoms with van der Waals surface area (Å²) < 4.78 is 5.58. The van der Waals surface area contributed by atoms with E-state index in [1.54, 1.807) is 67.6 Å². The molecule has 0 unspecified atom stereocenters. The van der Waals surface area contributed by atoms with Crippen LogP contribution in [0.2, 0.25) is 0 Å². The molecule has 0 aliphatic rings. The summed E-state index contributed by atoms with van der Waals surface area (Å²) in [6.07, 6.45) is 2.84. The number of ketones is 2. The Bertz CT molecular complexity index is 2210. The molecule has 0 fully saturated rings. The van der Waals surface area contributed by atoms with Crippen LogP contribution < -0.4 is 0 Å². The molecule has 0 amide bonds. The molecule has 0 aliphatic carbocycles. The maximum absolute atomic E-state index is 14.6. The van der Waals surface area contributed by atoms with Gasteiger partial charge in [0, 0.05) is 27.8 Å². The lowest BCUT2D eigenvalue weighted by atomic mass is 9.80. The van der Waals surface area contributed by atoms with Crippen molar-refractivity contribution in [3.8, 4) is 11.1 Å². The first-order chi connectivity index (χ1) is 23.8. The van der Waals surface area contributed by atoms with Gasteiger partial charge in [0.1, 0.15) is 0 Å². The number of aryl methyl sites for hydroxylation is 1. The Balaban J connectivity index is 1.85. The van der Waals surface area contributed by atoms with Gasteiger partial charge in [-0.3, -0.25) is 9.59 Å². The molecular weight excluding hydrogens is 612 g/mol. The number of carboxylic acids is 1. The average molecular weight is 649 g/mol. The predicted molar refractivity (Wildman–Crippen MR) is 193 cm³/mol. The smallest absolute Gasteiger partial charge is 0.338 e. The summed E-state index contributed by atoms with van der Waals surface area (Å²) in [5.74, 6) is -2.75. The highest BCUT2D eigenvalue weighted by Gasteiger charge is 2.31. The number of benzene rings is 6. The van der Waals surface area contributed by atoms with Crippen LogP contribution in [0.1, 0.15) is 91.2 Å². The van der Waals surface area contributed by atoms with Gasteiger partial charge in [0.2, 0.25) is 0 Å². The number of hydrogen-bond acceptors (Lipinski definition) is 5. The Labute approximate surface area is 285 Å². The minimum Gasteiger partial charge on any atom is -0.478 e. The van der Waals surface area contributed by atoms with E-state index in [1.807, 2.05) is 48.5 Å². The van der Waals surface area contributed by atoms with E-state index in [0.717, 1.165) is 23.6 Å². The van der Waals surface area contributed by atoms with Crippen molar-refractivity contribution in [1.29, 1.82) is 0 Å². The molecule has 0 radical (unpaired) electrons. The van der Waals surface area contributed by atoms with Crippen LogP contribution in [0.3, 0.4) is 0 Å². The quantitative estimate of drug-likeness (QED) is 0.0806. The molecule has 6 rings (SSSR count). The fraction of sp³-hybridized carbons (Fsp3) is 0.163. The van der Waals surface area contributed by atoms with Crippen LogP contribution in [0.5, 0.6) is 0 Å². The van der Waals surface area contributed by atoms with E-state index >= 15 is 0 Å². The lowest BCUT2D eigenvalue weighted by Crippen LogP contribution is -2.18. The van der Waals surface area contributed by atoms with E-state index in [4.69, 9.17) is 4.74 Å². The second-order valence-electron chi connectivity index (χ2n) is 11.9. The SMILES string of the molecule is CCCCCc1c(C(=O)c2ccccc2)c(C(=O)O)cc2c(-c3cccc4ccccc34)c(C(=O)c3ccccc3)c(C(=O)OCC)cc12. The van der Waals surface area contributed by atoms with Gasteiger partial charge in [-0.2, -0.15) is 0 Å². The normalized spacial score (nSPS) is 11.1. The van der Waals surface area contributed by atoms with Crippen LogP contribution >= 0.6 is 0 Å². The second kappa shape index (κ2) is 14.5. The van der Waals surface area contributed by atoms with Crippen molar-refractivity contribution in [1.82, 2.24) is 0 Å². The standard InChI is InChI=1S/C43H36O6/c1-3-5-8-23-32-33-25-36(43(48)49-4-2)39(41(45)29-19-11-7-12-20-29)37(31-24-15-21-27-16-13-14-22-30(27)31)34(33)26-35(42(46)47)38(32)40(44)28-17-9-6-10-18-28/h6-7,9-22,24-26H,3-5,8,23H2,1-2H3,(H,46,47). The van der Waals surface area contributed by atoms with Gasteiger partial charge >= 0.3 is 11.9 Å². The number of rotatable bonds is 12. The van der Waals surface area contributed by atoms with Crippen LogP contribution in [0.25, 0.3) is 32.7 Å². The molecule has 0 saturated carbocycles. The Kier molecular flexibility index (Phi) is 9.77. The first kappa shape index (κ1) is 33.0. The summed E-state index contributed by atoms with van der Waals surface area (Å²) in [7, 11) is 0. The minimum absolute atomic E-state index is 0.0593. The molecule has 0 saturated heterocycles. The van der Waals surface area contributed by atoms with Gasteiger partial charge in [-0.15, -0.1) is 0 Å². The number of carbonyl (C=O) groups excluding carboxylic acids is 3. The monoisotopic (exact) mass is 648 g/mol. The first-order valence-corrected chi connectivity index (χ1v) is 16.6. The molecule has 6 nitrogen and oxygen atoms in total. The van der Waals surface area contributed by atoms with Crippen LogP contribution in [-0.4, -0.2) is 35.2 Å². The van der Waals surface area contributed by atoms with Gasteiger partial charge < -0.3 is 9.84 Å². The highest BCUT2D eigenvalue weighted by atomic mass is 16.5. The molecule has 6 heteroatoms. The van der Waals surface area contributed by atoms with Crippen molar-refractivity contribution >= 4 is 45.0 Å². The Morgan fingerprint density at radius 1 is 0.612 bits per heavy atom. The zero-order valence-electron chi connectivity index (χ0n) is 27.5. The molecular formula is C43H36O6. The van der Waals surface area contributed by atoms with E-state index in [0.29, 0.717) is 51.4 Å². The van der Waals surface area contributed by atoms with Crippen molar-refractivity contribution < 1.29 is 29.0 Å². The van der Waals surface area contributed by atoms with Crippen LogP contribution in [0, 0.1) is 0 Å². The summed E-state index contributed by atoms with van der Waals surface area (Å²) >= 11 is 0. The molecule has 49 heavy (non-hydrogen) atoms. The maximum Gasteiger partial charge on any atom is 0.338 e. The fourth-order valence-electron chi connectivity index (χ4n) is 6.65. The summed E-state index contributed by atoms with van der Waals surface area (Å²) in [5, 5.41) is 13.5. The van der Waals surface area contributed by atoms with Gasteiger partial charge in [0.05, 0.1) is 17.7 Å². The lowest BCUT2D eigenvalue weighted by Gasteiger charge is -2.22. The van der Waals surface area contributed by atoms with E-state index < -0.39 is 23.5 Å². The molecule has 0 heterocycles. The lowest BCUT2D eigenvalue weighted by molar-refractivity contribution is 0.0523. The zero-order valence-corrected chi connectivity index (χ0v) is 27.5. The van der Waals surface area contributed by atoms with E-state index in [-0.39, 0.29) is 28.9 Å². The van der Waals surface area contributed by atoms with Crippen molar-refractivity contribution in [2.24, 2.45) is 0 Å². The maximum atomic E-state index is 14.6. The van der Waals surface area contributed by atoms with Crippen LogP contribution in [0.15, 0.2) is 115 Å². The van der Waals surface area contributed by atoms with Crippen molar-refractivity contribution in [3.63, 3.8) is 0 Å². The third kappa shape index (κ3) is 6.38. The van der Waals surface area contributed by atoms with Gasteiger partial charge in [-0.25, -0.2) is 9.59 Å². The number of unbranched alkanes of at least 4 members (excludes halogenated alkanes) is 2. The largest absolute Gasteiger partial charge is 0.478 e. The third-order valence-electron chi connectivity index (χ3n) is 8.89. The topological polar surface area (TPSA) is 97.7 Å². The number of carboxylic acid groups (broad SMARTS) is 1. The Hall–Kier alpha value is -5.88. The number of aromatic carboxylic acids is 1. The number of carbonyl (C=O) groups is 4. The first-order valence-electron chi connectivity index (χ1n) is 16.6. The molecule has 244 valence electrons. The van der Waals surface area contributed by atoms with E-state index in [9.17, 15) is 24.3 Å². The van der Waals surface area contributed by atoms with Gasteiger partial charge in [0.25, 0.3) is 0 Å². The number of ether oxygens (including phenoxy) is 1. The molecule has 0 aliphatic heterocycles. The second-order valence-corrected chi connectivity index (χ2v) is 11.9. The van der Waals surface area contributed by atoms with E-state index in [2.05, 4.69) is 6.92 Å². The van der Waals surface area contributed by atoms with Gasteiger partial charge in [-0.1, -0.05) is 123 Å². The fourth-order valence-corrected chi connectivity index (χ4v) is 6.65. The van der Waals surface area contributed by atoms with E-state index in [1.165, 1.54) is 6.07 Å². The molecule has 6 aromatic rings. The van der Waals surface area contributed by atoms with Crippen LogP contribution in [-0.2, 0) is 11.2 Å². The molecule has 6 aromatic carbocycles. The summed E-state index contributed by atoms with van der Waals surface area (Å²) in [4.78, 5) is 56.0. The van der Waals surface area contributed by atoms with Crippen molar-refractivity contribution in [2.45, 2.75) is 39.5 Å². The molecule has 0 bridgehead atoms. The van der Waals surface area contributed by atoms with Crippen LogP contribution in [0.4, 0.5) is 0 Å². The molecule has 0 spiro atoms. The van der Waals surface area contributed by atoms with Crippen molar-refractivity contribution in [2.75, 3.05) is 6.61 Å². The highest BCUT2D eigenvalue weighted by molar-refractivity contribution is 6.26. The summed E-state index contributed by atoms with van der Waals surface area (Å²) in [6.45, 7) is 3.86. The minimum atomic E-state index is -1.26. The predicted octanol–water partition coefficient (Wildman–Crippen LogP) is 9.73. The zero-order chi connectivity index (χ0) is 34.5. The highest BCUT2D eigenvalue weighted by Crippen LogP contribution is 2.43. The Morgan fingerprint density at radius 2 is 1.20 bits per heavy atom. The average Bonchev–Trinajstić information content (AvgIpc) is 3.13. The third-order valence-corrected chi connectivity index (χ3v) is 8.89. The summed E-state index contributed by atoms with van der Waals surface area (Å²) in [5.41, 5.74) is 2.44. The number of esters is 1. The molecule has 1 N–H and O–H groups in total. The van der Waals surface area contributed by atoms with Crippen molar-refractivity contribution in [3.05, 3.63) is 154 Å². The van der Waals surface area contributed by atoms with Gasteiger partial charge in [-0.05, 0) is 64.6 Å². The number of fused-ring (bicyclic) bond motifs is 2. The van der Waals surface area contributed by atoms with Gasteiger partial charge in [0.15, 0.2) is 11.6 Å². The molecule has 0 aromatic heterocycles.